The number of methoxy groups -OCH3 is 2. The van der Waals surface area contributed by atoms with Crippen LogP contribution in [0.2, 0.25) is 0 Å². The first-order valence-corrected chi connectivity index (χ1v) is 8.02. The van der Waals surface area contributed by atoms with Gasteiger partial charge in [0.05, 0.1) is 20.3 Å². The number of hydrogen-bond donors (Lipinski definition) is 2. The summed E-state index contributed by atoms with van der Waals surface area (Å²) >= 11 is 0. The number of aliphatic imine (C=N–C) groups is 1. The van der Waals surface area contributed by atoms with Gasteiger partial charge in [-0.3, -0.25) is 0 Å². The van der Waals surface area contributed by atoms with E-state index in [9.17, 15) is 4.79 Å². The Kier molecular flexibility index (Phi) is 5.61. The monoisotopic (exact) mass is 350 g/mol. The van der Waals surface area contributed by atoms with E-state index in [0.717, 1.165) is 5.69 Å². The molecule has 0 bridgehead atoms. The van der Waals surface area contributed by atoms with Gasteiger partial charge in [0.15, 0.2) is 17.5 Å². The topological polar surface area (TPSA) is 98.4 Å². The van der Waals surface area contributed by atoms with Gasteiger partial charge < -0.3 is 30.2 Å². The van der Waals surface area contributed by atoms with Gasteiger partial charge in [-0.15, -0.1) is 0 Å². The van der Waals surface area contributed by atoms with Gasteiger partial charge in [0.1, 0.15) is 5.60 Å². The Bertz CT molecular complexity index is 649. The third-order valence-electron chi connectivity index (χ3n) is 3.49. The van der Waals surface area contributed by atoms with Crippen LogP contribution in [0.25, 0.3) is 0 Å². The molecule has 1 aromatic rings. The predicted molar refractivity (Wildman–Crippen MR) is 96.4 cm³/mol. The predicted octanol–water partition coefficient (Wildman–Crippen LogP) is 2.05. The number of likely N-dealkylation sites (tertiary alicyclic amines) is 1. The van der Waals surface area contributed by atoms with Crippen molar-refractivity contribution < 1.29 is 19.0 Å². The number of carbonyl (C=O) groups is 1. The van der Waals surface area contributed by atoms with Crippen molar-refractivity contribution in [2.24, 2.45) is 10.7 Å². The number of hydrogen-bond acceptors (Lipinski definition) is 5. The van der Waals surface area contributed by atoms with Crippen LogP contribution in [-0.2, 0) is 4.74 Å². The molecule has 1 heterocycles. The lowest BCUT2D eigenvalue weighted by Crippen LogP contribution is -2.54. The number of rotatable bonds is 4. The van der Waals surface area contributed by atoms with Gasteiger partial charge in [-0.2, -0.15) is 0 Å². The van der Waals surface area contributed by atoms with E-state index in [1.165, 1.54) is 0 Å². The van der Waals surface area contributed by atoms with Gasteiger partial charge in [-0.05, 0) is 32.9 Å². The number of amides is 1. The summed E-state index contributed by atoms with van der Waals surface area (Å²) in [7, 11) is 3.15. The molecule has 1 amide bonds. The van der Waals surface area contributed by atoms with Crippen molar-refractivity contribution in [1.29, 1.82) is 0 Å². The SMILES string of the molecule is COc1ccc(NC(N)=NC2CN(C(=O)OC(C)(C)C)C2)cc1OC. The third-order valence-corrected chi connectivity index (χ3v) is 3.49. The Balaban J connectivity index is 1.88. The Morgan fingerprint density at radius 1 is 1.24 bits per heavy atom. The molecule has 1 aromatic carbocycles. The zero-order chi connectivity index (χ0) is 18.6. The van der Waals surface area contributed by atoms with Gasteiger partial charge in [0, 0.05) is 24.8 Å². The Morgan fingerprint density at radius 3 is 2.44 bits per heavy atom. The average molecular weight is 350 g/mol. The van der Waals surface area contributed by atoms with E-state index >= 15 is 0 Å². The number of guanidine groups is 1. The van der Waals surface area contributed by atoms with Crippen molar-refractivity contribution in [2.45, 2.75) is 32.4 Å². The van der Waals surface area contributed by atoms with Crippen LogP contribution in [0.4, 0.5) is 10.5 Å². The first-order valence-electron chi connectivity index (χ1n) is 8.02. The number of carbonyl (C=O) groups excluding carboxylic acids is 1. The smallest absolute Gasteiger partial charge is 0.410 e. The van der Waals surface area contributed by atoms with E-state index in [-0.39, 0.29) is 18.1 Å². The van der Waals surface area contributed by atoms with Crippen molar-refractivity contribution in [1.82, 2.24) is 4.90 Å². The van der Waals surface area contributed by atoms with E-state index in [0.29, 0.717) is 24.6 Å². The number of nitrogens with two attached hydrogens (primary N) is 1. The van der Waals surface area contributed by atoms with Crippen molar-refractivity contribution in [2.75, 3.05) is 32.6 Å². The number of anilines is 1. The minimum absolute atomic E-state index is 0.0415. The summed E-state index contributed by atoms with van der Waals surface area (Å²) in [6, 6.07) is 5.33. The normalized spacial score (nSPS) is 15.4. The van der Waals surface area contributed by atoms with E-state index in [1.807, 2.05) is 26.8 Å². The highest BCUT2D eigenvalue weighted by Gasteiger charge is 2.33. The molecule has 25 heavy (non-hydrogen) atoms. The molecule has 2 rings (SSSR count). The minimum atomic E-state index is -0.501. The molecule has 0 saturated carbocycles. The molecule has 0 aliphatic carbocycles. The molecule has 1 aliphatic heterocycles. The first kappa shape index (κ1) is 18.7. The molecule has 8 heteroatoms. The van der Waals surface area contributed by atoms with E-state index < -0.39 is 5.60 Å². The average Bonchev–Trinajstić information content (AvgIpc) is 2.48. The molecular formula is C17H26N4O4. The molecule has 8 nitrogen and oxygen atoms in total. The van der Waals surface area contributed by atoms with Crippen LogP contribution in [0, 0.1) is 0 Å². The largest absolute Gasteiger partial charge is 0.493 e. The summed E-state index contributed by atoms with van der Waals surface area (Å²) in [6.07, 6.45) is -0.328. The van der Waals surface area contributed by atoms with E-state index in [2.05, 4.69) is 10.3 Å². The van der Waals surface area contributed by atoms with Crippen LogP contribution in [0.15, 0.2) is 23.2 Å². The van der Waals surface area contributed by atoms with Crippen LogP contribution in [0.5, 0.6) is 11.5 Å². The van der Waals surface area contributed by atoms with Crippen LogP contribution in [-0.4, -0.2) is 55.9 Å². The van der Waals surface area contributed by atoms with Gasteiger partial charge in [0.2, 0.25) is 0 Å². The summed E-state index contributed by atoms with van der Waals surface area (Å²) in [5.74, 6) is 1.51. The van der Waals surface area contributed by atoms with Crippen LogP contribution in [0.1, 0.15) is 20.8 Å². The second kappa shape index (κ2) is 7.50. The zero-order valence-electron chi connectivity index (χ0n) is 15.3. The van der Waals surface area contributed by atoms with Crippen molar-refractivity contribution in [3.8, 4) is 11.5 Å². The quantitative estimate of drug-likeness (QED) is 0.637. The fourth-order valence-corrected chi connectivity index (χ4v) is 2.30. The second-order valence-corrected chi connectivity index (χ2v) is 6.75. The van der Waals surface area contributed by atoms with Crippen molar-refractivity contribution >= 4 is 17.7 Å². The molecule has 138 valence electrons. The molecule has 0 spiro atoms. The summed E-state index contributed by atoms with van der Waals surface area (Å²) < 4.78 is 15.7. The maximum atomic E-state index is 11.9. The minimum Gasteiger partial charge on any atom is -0.493 e. The van der Waals surface area contributed by atoms with Crippen molar-refractivity contribution in [3.63, 3.8) is 0 Å². The molecule has 1 saturated heterocycles. The van der Waals surface area contributed by atoms with Gasteiger partial charge in [0.25, 0.3) is 0 Å². The third kappa shape index (κ3) is 5.17. The molecule has 1 fully saturated rings. The number of ether oxygens (including phenoxy) is 3. The van der Waals surface area contributed by atoms with Crippen LogP contribution >= 0.6 is 0 Å². The van der Waals surface area contributed by atoms with Crippen LogP contribution < -0.4 is 20.5 Å². The highest BCUT2D eigenvalue weighted by molar-refractivity contribution is 5.92. The van der Waals surface area contributed by atoms with E-state index in [4.69, 9.17) is 19.9 Å². The van der Waals surface area contributed by atoms with Gasteiger partial charge in [-0.1, -0.05) is 0 Å². The summed E-state index contributed by atoms with van der Waals surface area (Å²) in [5, 5.41) is 3.01. The lowest BCUT2D eigenvalue weighted by Gasteiger charge is -2.37. The van der Waals surface area contributed by atoms with Crippen LogP contribution in [0.3, 0.4) is 0 Å². The molecule has 3 N–H and O–H groups in total. The molecule has 0 unspecified atom stereocenters. The summed E-state index contributed by atoms with van der Waals surface area (Å²) in [6.45, 7) is 6.49. The number of nitrogens with one attached hydrogen (secondary N) is 1. The van der Waals surface area contributed by atoms with Gasteiger partial charge >= 0.3 is 6.09 Å². The maximum absolute atomic E-state index is 11.9. The maximum Gasteiger partial charge on any atom is 0.410 e. The lowest BCUT2D eigenvalue weighted by molar-refractivity contribution is 0.00904. The Morgan fingerprint density at radius 2 is 1.88 bits per heavy atom. The second-order valence-electron chi connectivity index (χ2n) is 6.75. The van der Waals surface area contributed by atoms with Crippen molar-refractivity contribution in [3.05, 3.63) is 18.2 Å². The fraction of sp³-hybridized carbons (Fsp3) is 0.529. The standard InChI is InChI=1S/C17H26N4O4/c1-17(2,3)25-16(22)21-9-12(10-21)20-15(18)19-11-6-7-13(23-4)14(8-11)24-5/h6-8,12H,9-10H2,1-5H3,(H3,18,19,20). The highest BCUT2D eigenvalue weighted by Crippen LogP contribution is 2.29. The number of benzene rings is 1. The fourth-order valence-electron chi connectivity index (χ4n) is 2.30. The Hall–Kier alpha value is -2.64. The summed E-state index contributed by atoms with van der Waals surface area (Å²) in [5.41, 5.74) is 6.17. The highest BCUT2D eigenvalue weighted by atomic mass is 16.6. The summed E-state index contributed by atoms with van der Waals surface area (Å²) in [4.78, 5) is 17.8. The lowest BCUT2D eigenvalue weighted by atomic mass is 10.1. The molecule has 0 atom stereocenters. The number of nitrogens with zero attached hydrogens (tertiary/aromatic N) is 2. The first-order chi connectivity index (χ1) is 11.7. The molecule has 0 aromatic heterocycles. The van der Waals surface area contributed by atoms with Gasteiger partial charge in [-0.25, -0.2) is 9.79 Å². The van der Waals surface area contributed by atoms with E-state index in [1.54, 1.807) is 31.3 Å². The molecular weight excluding hydrogens is 324 g/mol. The molecule has 0 radical (unpaired) electrons. The Labute approximate surface area is 147 Å². The molecule has 1 aliphatic rings. The zero-order valence-corrected chi connectivity index (χ0v) is 15.3.